The molecule has 1 aromatic heterocycles. The van der Waals surface area contributed by atoms with Crippen LogP contribution in [0.5, 0.6) is 0 Å². The summed E-state index contributed by atoms with van der Waals surface area (Å²) in [6.07, 6.45) is 7.38. The van der Waals surface area contributed by atoms with Crippen LogP contribution < -0.4 is 10.2 Å². The van der Waals surface area contributed by atoms with Crippen molar-refractivity contribution in [2.24, 2.45) is 0 Å². The van der Waals surface area contributed by atoms with Gasteiger partial charge < -0.3 is 10.2 Å². The molecule has 0 unspecified atom stereocenters. The molecule has 4 heteroatoms. The highest BCUT2D eigenvalue weighted by molar-refractivity contribution is 5.92. The Labute approximate surface area is 143 Å². The molecular weight excluding hydrogens is 298 g/mol. The molecule has 0 radical (unpaired) electrons. The summed E-state index contributed by atoms with van der Waals surface area (Å²) in [5, 5.41) is 2.93. The summed E-state index contributed by atoms with van der Waals surface area (Å²) in [7, 11) is 0. The minimum atomic E-state index is -0.0864. The molecule has 0 saturated carbocycles. The normalized spacial score (nSPS) is 13.5. The first kappa shape index (κ1) is 16.5. The predicted molar refractivity (Wildman–Crippen MR) is 97.9 cm³/mol. The fraction of sp³-hybridized carbons (Fsp3) is 0.400. The molecule has 3 rings (SSSR count). The van der Waals surface area contributed by atoms with Crippen LogP contribution in [0, 0.1) is 0 Å². The largest absolute Gasteiger partial charge is 0.351 e. The van der Waals surface area contributed by atoms with E-state index in [1.807, 2.05) is 18.3 Å². The van der Waals surface area contributed by atoms with Gasteiger partial charge in [-0.3, -0.25) is 4.79 Å². The van der Waals surface area contributed by atoms with Gasteiger partial charge in [-0.15, -0.1) is 0 Å². The molecule has 0 bridgehead atoms. The molecule has 0 saturated heterocycles. The Balaban J connectivity index is 1.68. The van der Waals surface area contributed by atoms with Crippen LogP contribution in [-0.2, 0) is 6.42 Å². The Hall–Kier alpha value is -2.36. The Morgan fingerprint density at radius 1 is 1.21 bits per heavy atom. The Morgan fingerprint density at radius 3 is 2.88 bits per heavy atom. The number of aryl methyl sites for hydroxylation is 1. The van der Waals surface area contributed by atoms with Crippen LogP contribution >= 0.6 is 0 Å². The highest BCUT2D eigenvalue weighted by atomic mass is 16.1. The van der Waals surface area contributed by atoms with E-state index in [1.54, 1.807) is 0 Å². The Morgan fingerprint density at radius 2 is 2.08 bits per heavy atom. The van der Waals surface area contributed by atoms with Crippen molar-refractivity contribution in [1.29, 1.82) is 0 Å². The van der Waals surface area contributed by atoms with Crippen molar-refractivity contribution < 1.29 is 4.79 Å². The number of hydrogen-bond acceptors (Lipinski definition) is 3. The van der Waals surface area contributed by atoms with E-state index >= 15 is 0 Å². The highest BCUT2D eigenvalue weighted by Crippen LogP contribution is 2.32. The van der Waals surface area contributed by atoms with Crippen LogP contribution in [0.2, 0.25) is 0 Å². The van der Waals surface area contributed by atoms with Crippen molar-refractivity contribution in [3.05, 3.63) is 53.9 Å². The van der Waals surface area contributed by atoms with Gasteiger partial charge in [-0.25, -0.2) is 4.98 Å². The van der Waals surface area contributed by atoms with Crippen LogP contribution in [0.15, 0.2) is 42.6 Å². The first-order valence-corrected chi connectivity index (χ1v) is 8.89. The molecule has 1 N–H and O–H groups in total. The van der Waals surface area contributed by atoms with Crippen LogP contribution in [0.25, 0.3) is 0 Å². The van der Waals surface area contributed by atoms with Crippen LogP contribution in [0.4, 0.5) is 11.4 Å². The van der Waals surface area contributed by atoms with Gasteiger partial charge >= 0.3 is 0 Å². The quantitative estimate of drug-likeness (QED) is 0.815. The van der Waals surface area contributed by atoms with Crippen molar-refractivity contribution >= 4 is 17.3 Å². The number of pyridine rings is 1. The smallest absolute Gasteiger partial charge is 0.269 e. The van der Waals surface area contributed by atoms with Gasteiger partial charge in [0, 0.05) is 18.8 Å². The predicted octanol–water partition coefficient (Wildman–Crippen LogP) is 4.09. The van der Waals surface area contributed by atoms with Gasteiger partial charge in [-0.1, -0.05) is 38.0 Å². The van der Waals surface area contributed by atoms with E-state index in [0.717, 1.165) is 50.9 Å². The lowest BCUT2D eigenvalue weighted by molar-refractivity contribution is 0.0948. The lowest BCUT2D eigenvalue weighted by Gasteiger charge is -2.31. The van der Waals surface area contributed by atoms with E-state index < -0.39 is 0 Å². The van der Waals surface area contributed by atoms with Crippen LogP contribution in [0.3, 0.4) is 0 Å². The summed E-state index contributed by atoms with van der Waals surface area (Å²) in [6, 6.07) is 12.3. The van der Waals surface area contributed by atoms with Crippen LogP contribution in [-0.4, -0.2) is 24.0 Å². The molecular formula is C20H25N3O. The number of rotatable bonds is 6. The minimum Gasteiger partial charge on any atom is -0.351 e. The second kappa shape index (κ2) is 7.95. The average Bonchev–Trinajstić information content (AvgIpc) is 2.65. The van der Waals surface area contributed by atoms with E-state index in [4.69, 9.17) is 0 Å². The third kappa shape index (κ3) is 3.75. The van der Waals surface area contributed by atoms with Gasteiger partial charge in [-0.2, -0.15) is 0 Å². The lowest BCUT2D eigenvalue weighted by Crippen LogP contribution is -2.26. The van der Waals surface area contributed by atoms with E-state index in [-0.39, 0.29) is 5.91 Å². The first-order chi connectivity index (χ1) is 11.8. The third-order valence-corrected chi connectivity index (χ3v) is 4.47. The van der Waals surface area contributed by atoms with Crippen molar-refractivity contribution in [2.75, 3.05) is 18.0 Å². The zero-order chi connectivity index (χ0) is 16.8. The summed E-state index contributed by atoms with van der Waals surface area (Å²) in [4.78, 5) is 18.8. The summed E-state index contributed by atoms with van der Waals surface area (Å²) < 4.78 is 0. The number of fused-ring (bicyclic) bond motifs is 1. The van der Waals surface area contributed by atoms with Gasteiger partial charge in [0.05, 0.1) is 11.9 Å². The van der Waals surface area contributed by atoms with Crippen molar-refractivity contribution in [3.63, 3.8) is 0 Å². The number of carbonyl (C=O) groups excluding carboxylic acids is 1. The van der Waals surface area contributed by atoms with Gasteiger partial charge in [0.2, 0.25) is 0 Å². The number of nitrogens with zero attached hydrogens (tertiary/aromatic N) is 2. The number of carbonyl (C=O) groups is 1. The third-order valence-electron chi connectivity index (χ3n) is 4.47. The van der Waals surface area contributed by atoms with E-state index in [9.17, 15) is 4.79 Å². The molecule has 2 aromatic rings. The van der Waals surface area contributed by atoms with Gasteiger partial charge in [-0.05, 0) is 43.0 Å². The molecule has 24 heavy (non-hydrogen) atoms. The molecule has 2 heterocycles. The van der Waals surface area contributed by atoms with Crippen molar-refractivity contribution in [3.8, 4) is 0 Å². The number of anilines is 2. The lowest BCUT2D eigenvalue weighted by atomic mass is 10.0. The number of aromatic nitrogens is 1. The summed E-state index contributed by atoms with van der Waals surface area (Å²) >= 11 is 0. The minimum absolute atomic E-state index is 0.0864. The maximum atomic E-state index is 12.1. The molecule has 126 valence electrons. The molecule has 0 aliphatic carbocycles. The monoisotopic (exact) mass is 323 g/mol. The molecule has 0 fully saturated rings. The number of amides is 1. The number of benzene rings is 1. The van der Waals surface area contributed by atoms with Gasteiger partial charge in [0.15, 0.2) is 0 Å². The zero-order valence-electron chi connectivity index (χ0n) is 14.3. The average molecular weight is 323 g/mol. The molecule has 1 aliphatic heterocycles. The van der Waals surface area contributed by atoms with E-state index in [0.29, 0.717) is 5.69 Å². The maximum Gasteiger partial charge on any atom is 0.269 e. The molecule has 0 atom stereocenters. The Bertz CT molecular complexity index is 682. The van der Waals surface area contributed by atoms with E-state index in [2.05, 4.69) is 46.4 Å². The van der Waals surface area contributed by atoms with Crippen molar-refractivity contribution in [2.45, 2.75) is 39.0 Å². The molecule has 0 spiro atoms. The summed E-state index contributed by atoms with van der Waals surface area (Å²) in [5.41, 5.74) is 4.16. The zero-order valence-corrected chi connectivity index (χ0v) is 14.3. The molecule has 1 aliphatic rings. The summed E-state index contributed by atoms with van der Waals surface area (Å²) in [6.45, 7) is 3.86. The molecule has 1 aromatic carbocycles. The number of hydrogen-bond donors (Lipinski definition) is 1. The molecule has 4 nitrogen and oxygen atoms in total. The first-order valence-electron chi connectivity index (χ1n) is 8.89. The summed E-state index contributed by atoms with van der Waals surface area (Å²) in [5.74, 6) is -0.0864. The van der Waals surface area contributed by atoms with Gasteiger partial charge in [0.25, 0.3) is 5.91 Å². The fourth-order valence-corrected chi connectivity index (χ4v) is 3.15. The fourth-order valence-electron chi connectivity index (χ4n) is 3.15. The number of para-hydroxylation sites is 1. The second-order valence-electron chi connectivity index (χ2n) is 6.25. The number of unbranched alkanes of at least 4 members (excludes halogenated alkanes) is 2. The van der Waals surface area contributed by atoms with Crippen molar-refractivity contribution in [1.82, 2.24) is 10.3 Å². The SMILES string of the molecule is CCCCCNC(=O)c1ccc(N2CCCc3ccccc32)cn1. The highest BCUT2D eigenvalue weighted by Gasteiger charge is 2.18. The van der Waals surface area contributed by atoms with E-state index in [1.165, 1.54) is 11.3 Å². The second-order valence-corrected chi connectivity index (χ2v) is 6.25. The standard InChI is InChI=1S/C20H25N3O/c1-2-3-6-13-21-20(24)18-12-11-17(15-22-18)23-14-7-9-16-8-4-5-10-19(16)23/h4-5,8,10-12,15H,2-3,6-7,9,13-14H2,1H3,(H,21,24). The van der Waals surface area contributed by atoms with Crippen LogP contribution in [0.1, 0.15) is 48.7 Å². The topological polar surface area (TPSA) is 45.2 Å². The van der Waals surface area contributed by atoms with Gasteiger partial charge in [0.1, 0.15) is 5.69 Å². The Kier molecular flexibility index (Phi) is 5.47. The maximum absolute atomic E-state index is 12.1. The number of nitrogens with one attached hydrogen (secondary N) is 1. The molecule has 1 amide bonds.